The van der Waals surface area contributed by atoms with E-state index in [0.717, 1.165) is 33.4 Å². The first-order valence-corrected chi connectivity index (χ1v) is 8.63. The third-order valence-electron chi connectivity index (χ3n) is 5.08. The first-order valence-electron chi connectivity index (χ1n) is 7.15. The van der Waals surface area contributed by atoms with Crippen molar-refractivity contribution in [2.24, 2.45) is 0 Å². The van der Waals surface area contributed by atoms with Crippen LogP contribution in [0.1, 0.15) is 33.4 Å². The zero-order chi connectivity index (χ0) is 15.7. The van der Waals surface area contributed by atoms with Gasteiger partial charge in [-0.15, -0.1) is 0 Å². The quantitative estimate of drug-likeness (QED) is 0.618. The van der Waals surface area contributed by atoms with Gasteiger partial charge in [-0.05, 0) is 87.1 Å². The topological polar surface area (TPSA) is 34.1 Å². The Morgan fingerprint density at radius 3 is 1.29 bits per heavy atom. The summed E-state index contributed by atoms with van der Waals surface area (Å²) >= 11 is 0. The monoisotopic (exact) mass is 300 g/mol. The van der Waals surface area contributed by atoms with Gasteiger partial charge in [-0.25, -0.2) is 8.42 Å². The van der Waals surface area contributed by atoms with Crippen LogP contribution in [0.2, 0.25) is 0 Å². The molecule has 2 aromatic carbocycles. The van der Waals surface area contributed by atoms with Crippen molar-refractivity contribution in [1.29, 1.82) is 0 Å². The molecule has 0 unspecified atom stereocenters. The molecule has 0 bridgehead atoms. The van der Waals surface area contributed by atoms with Crippen molar-refractivity contribution >= 4 is 9.84 Å². The molecule has 0 saturated carbocycles. The molecule has 0 radical (unpaired) electrons. The molecular formula is C18H20O2S. The van der Waals surface area contributed by atoms with Crippen molar-refractivity contribution in [1.82, 2.24) is 0 Å². The minimum absolute atomic E-state index is 0.478. The Balaban J connectivity index is 2.60. The molecular weight excluding hydrogens is 280 g/mol. The third-order valence-corrected chi connectivity index (χ3v) is 6.88. The summed E-state index contributed by atoms with van der Waals surface area (Å²) in [6.45, 7) is 12.1. The van der Waals surface area contributed by atoms with E-state index in [1.54, 1.807) is 0 Å². The molecule has 1 aliphatic rings. The average Bonchev–Trinajstić information content (AvgIpc) is 2.63. The SMILES string of the molecule is Cc1cc2c(c(C)c1C)-c1c(cc(C)c(C)c1C)S2(=O)=O. The van der Waals surface area contributed by atoms with Gasteiger partial charge >= 0.3 is 0 Å². The van der Waals surface area contributed by atoms with Gasteiger partial charge in [0.25, 0.3) is 0 Å². The zero-order valence-electron chi connectivity index (χ0n) is 13.4. The molecule has 3 heteroatoms. The van der Waals surface area contributed by atoms with Gasteiger partial charge < -0.3 is 0 Å². The average molecular weight is 300 g/mol. The van der Waals surface area contributed by atoms with Gasteiger partial charge in [0, 0.05) is 11.1 Å². The molecule has 1 heterocycles. The van der Waals surface area contributed by atoms with Crippen LogP contribution in [0.3, 0.4) is 0 Å². The number of fused-ring (bicyclic) bond motifs is 3. The number of rotatable bonds is 0. The molecule has 110 valence electrons. The molecule has 0 amide bonds. The van der Waals surface area contributed by atoms with Crippen molar-refractivity contribution < 1.29 is 8.42 Å². The molecule has 0 fully saturated rings. The molecule has 0 N–H and O–H groups in total. The van der Waals surface area contributed by atoms with Crippen molar-refractivity contribution in [3.05, 3.63) is 45.5 Å². The van der Waals surface area contributed by atoms with E-state index in [1.807, 2.05) is 39.8 Å². The Kier molecular flexibility index (Phi) is 2.87. The molecule has 0 aromatic heterocycles. The number of benzene rings is 2. The van der Waals surface area contributed by atoms with E-state index in [9.17, 15) is 8.42 Å². The lowest BCUT2D eigenvalue weighted by Gasteiger charge is -2.14. The maximum absolute atomic E-state index is 12.9. The normalized spacial score (nSPS) is 15.0. The van der Waals surface area contributed by atoms with Gasteiger partial charge in [0.15, 0.2) is 0 Å². The smallest absolute Gasteiger partial charge is 0.207 e. The van der Waals surface area contributed by atoms with Crippen LogP contribution < -0.4 is 0 Å². The lowest BCUT2D eigenvalue weighted by atomic mass is 9.89. The lowest BCUT2D eigenvalue weighted by molar-refractivity contribution is 0.598. The van der Waals surface area contributed by atoms with E-state index in [1.165, 1.54) is 11.1 Å². The van der Waals surface area contributed by atoms with Gasteiger partial charge in [0.05, 0.1) is 9.79 Å². The summed E-state index contributed by atoms with van der Waals surface area (Å²) in [5, 5.41) is 0. The summed E-state index contributed by atoms with van der Waals surface area (Å²) in [4.78, 5) is 0.956. The van der Waals surface area contributed by atoms with Crippen LogP contribution in [-0.2, 0) is 9.84 Å². The molecule has 0 saturated heterocycles. The first kappa shape index (κ1) is 14.3. The molecule has 21 heavy (non-hydrogen) atoms. The van der Waals surface area contributed by atoms with Crippen molar-refractivity contribution in [3.8, 4) is 11.1 Å². The molecule has 2 nitrogen and oxygen atoms in total. The first-order chi connectivity index (χ1) is 9.67. The van der Waals surface area contributed by atoms with Crippen LogP contribution in [0.25, 0.3) is 11.1 Å². The van der Waals surface area contributed by atoms with Crippen LogP contribution in [0.5, 0.6) is 0 Å². The Labute approximate surface area is 126 Å². The van der Waals surface area contributed by atoms with Crippen LogP contribution in [0.4, 0.5) is 0 Å². The highest BCUT2D eigenvalue weighted by Gasteiger charge is 2.36. The second kappa shape index (κ2) is 4.20. The lowest BCUT2D eigenvalue weighted by Crippen LogP contribution is -1.99. The molecule has 3 rings (SSSR count). The maximum Gasteiger partial charge on any atom is 0.207 e. The predicted molar refractivity (Wildman–Crippen MR) is 85.8 cm³/mol. The van der Waals surface area contributed by atoms with Gasteiger partial charge in [-0.2, -0.15) is 0 Å². The standard InChI is InChI=1S/C18H20O2S/c1-9-7-15-17(13(5)11(9)3)18-14(6)12(4)10(2)8-16(18)21(15,19)20/h7-8H,1-6H3. The van der Waals surface area contributed by atoms with Gasteiger partial charge in [0.2, 0.25) is 9.84 Å². The minimum atomic E-state index is -3.39. The largest absolute Gasteiger partial charge is 0.218 e. The summed E-state index contributed by atoms with van der Waals surface area (Å²) in [5.41, 5.74) is 8.41. The Morgan fingerprint density at radius 1 is 0.619 bits per heavy atom. The van der Waals surface area contributed by atoms with Crippen LogP contribution in [0, 0.1) is 41.5 Å². The summed E-state index contributed by atoms with van der Waals surface area (Å²) < 4.78 is 25.8. The summed E-state index contributed by atoms with van der Waals surface area (Å²) in [6.07, 6.45) is 0. The summed E-state index contributed by atoms with van der Waals surface area (Å²) in [6, 6.07) is 3.66. The van der Waals surface area contributed by atoms with E-state index in [2.05, 4.69) is 13.8 Å². The van der Waals surface area contributed by atoms with E-state index in [-0.39, 0.29) is 0 Å². The Morgan fingerprint density at radius 2 is 0.952 bits per heavy atom. The second-order valence-electron chi connectivity index (χ2n) is 6.14. The van der Waals surface area contributed by atoms with Gasteiger partial charge in [0.1, 0.15) is 0 Å². The fourth-order valence-electron chi connectivity index (χ4n) is 3.25. The van der Waals surface area contributed by atoms with Crippen molar-refractivity contribution in [2.45, 2.75) is 51.3 Å². The summed E-state index contributed by atoms with van der Waals surface area (Å²) in [5.74, 6) is 0. The number of aryl methyl sites for hydroxylation is 2. The molecule has 0 aliphatic carbocycles. The summed E-state index contributed by atoms with van der Waals surface area (Å²) in [7, 11) is -3.39. The van der Waals surface area contributed by atoms with Gasteiger partial charge in [-0.1, -0.05) is 0 Å². The van der Waals surface area contributed by atoms with E-state index in [4.69, 9.17) is 0 Å². The number of hydrogen-bond acceptors (Lipinski definition) is 2. The fourth-order valence-corrected chi connectivity index (χ4v) is 5.20. The van der Waals surface area contributed by atoms with Crippen LogP contribution >= 0.6 is 0 Å². The highest BCUT2D eigenvalue weighted by atomic mass is 32.2. The zero-order valence-corrected chi connectivity index (χ0v) is 14.2. The number of sulfone groups is 1. The van der Waals surface area contributed by atoms with E-state index < -0.39 is 9.84 Å². The fraction of sp³-hybridized carbons (Fsp3) is 0.333. The molecule has 0 atom stereocenters. The highest BCUT2D eigenvalue weighted by Crippen LogP contribution is 2.49. The van der Waals surface area contributed by atoms with Crippen molar-refractivity contribution in [3.63, 3.8) is 0 Å². The third kappa shape index (κ3) is 1.67. The van der Waals surface area contributed by atoms with E-state index in [0.29, 0.717) is 9.79 Å². The van der Waals surface area contributed by atoms with Gasteiger partial charge in [-0.3, -0.25) is 0 Å². The minimum Gasteiger partial charge on any atom is -0.218 e. The number of hydrogen-bond donors (Lipinski definition) is 0. The Hall–Kier alpha value is -1.61. The molecule has 0 spiro atoms. The van der Waals surface area contributed by atoms with E-state index >= 15 is 0 Å². The van der Waals surface area contributed by atoms with Crippen molar-refractivity contribution in [2.75, 3.05) is 0 Å². The maximum atomic E-state index is 12.9. The Bertz CT molecular complexity index is 834. The van der Waals surface area contributed by atoms with Crippen LogP contribution in [0.15, 0.2) is 21.9 Å². The highest BCUT2D eigenvalue weighted by molar-refractivity contribution is 7.92. The molecule has 2 aromatic rings. The van der Waals surface area contributed by atoms with Crippen LogP contribution in [-0.4, -0.2) is 8.42 Å². The predicted octanol–water partition coefficient (Wildman–Crippen LogP) is 4.35. The molecule has 1 aliphatic heterocycles. The second-order valence-corrected chi connectivity index (χ2v) is 8.02.